The molecule has 0 bridgehead atoms. The second-order valence-electron chi connectivity index (χ2n) is 5.09. The van der Waals surface area contributed by atoms with E-state index in [1.54, 1.807) is 0 Å². The molecule has 0 unspecified atom stereocenters. The highest BCUT2D eigenvalue weighted by molar-refractivity contribution is 5.76. The molecule has 1 aromatic rings. The zero-order chi connectivity index (χ0) is 14.9. The van der Waals surface area contributed by atoms with E-state index in [2.05, 4.69) is 0 Å². The van der Waals surface area contributed by atoms with Crippen LogP contribution in [0, 0.1) is 0 Å². The predicted octanol–water partition coefficient (Wildman–Crippen LogP) is 1.46. The maximum Gasteiger partial charge on any atom is 0.226 e. The topological polar surface area (TPSA) is 59.0 Å². The largest absolute Gasteiger partial charge is 0.493 e. The third kappa shape index (κ3) is 5.36. The molecule has 5 nitrogen and oxygen atoms in total. The van der Waals surface area contributed by atoms with E-state index in [1.165, 1.54) is 0 Å². The standard InChI is InChI=1S/C16H23NO4/c18-11-13-21-15-6-9-17(10-7-15)16(19)8-12-20-14-4-2-1-3-5-14/h1-5,15,18H,6-13H2. The van der Waals surface area contributed by atoms with Crippen LogP contribution >= 0.6 is 0 Å². The van der Waals surface area contributed by atoms with Crippen molar-refractivity contribution in [3.63, 3.8) is 0 Å². The fraction of sp³-hybridized carbons (Fsp3) is 0.562. The molecule has 0 spiro atoms. The molecule has 0 aliphatic carbocycles. The van der Waals surface area contributed by atoms with E-state index < -0.39 is 0 Å². The molecule has 1 fully saturated rings. The number of hydrogen-bond donors (Lipinski definition) is 1. The van der Waals surface area contributed by atoms with Crippen molar-refractivity contribution in [2.24, 2.45) is 0 Å². The zero-order valence-corrected chi connectivity index (χ0v) is 12.2. The Morgan fingerprint density at radius 1 is 1.19 bits per heavy atom. The number of para-hydroxylation sites is 1. The number of rotatable bonds is 7. The van der Waals surface area contributed by atoms with E-state index in [9.17, 15) is 4.79 Å². The summed E-state index contributed by atoms with van der Waals surface area (Å²) in [6.45, 7) is 2.28. The van der Waals surface area contributed by atoms with Crippen LogP contribution < -0.4 is 4.74 Å². The molecule has 0 atom stereocenters. The molecule has 1 amide bonds. The van der Waals surface area contributed by atoms with Gasteiger partial charge in [0.2, 0.25) is 5.91 Å². The van der Waals surface area contributed by atoms with Crippen LogP contribution in [0.2, 0.25) is 0 Å². The molecular formula is C16H23NO4. The molecule has 2 rings (SSSR count). The third-order valence-electron chi connectivity index (χ3n) is 3.57. The number of carbonyl (C=O) groups excluding carboxylic acids is 1. The van der Waals surface area contributed by atoms with Gasteiger partial charge in [-0.1, -0.05) is 18.2 Å². The van der Waals surface area contributed by atoms with Crippen LogP contribution in [0.3, 0.4) is 0 Å². The highest BCUT2D eigenvalue weighted by Crippen LogP contribution is 2.15. The first kappa shape index (κ1) is 15.8. The summed E-state index contributed by atoms with van der Waals surface area (Å²) < 4.78 is 11.0. The van der Waals surface area contributed by atoms with Crippen molar-refractivity contribution in [1.29, 1.82) is 0 Å². The summed E-state index contributed by atoms with van der Waals surface area (Å²) in [6.07, 6.45) is 2.25. The summed E-state index contributed by atoms with van der Waals surface area (Å²) in [7, 11) is 0. The predicted molar refractivity (Wildman–Crippen MR) is 79.2 cm³/mol. The number of amides is 1. The first-order valence-electron chi connectivity index (χ1n) is 7.47. The molecule has 1 heterocycles. The molecule has 1 aromatic carbocycles. The lowest BCUT2D eigenvalue weighted by Crippen LogP contribution is -2.41. The Kier molecular flexibility index (Phi) is 6.50. The maximum atomic E-state index is 12.1. The second-order valence-corrected chi connectivity index (χ2v) is 5.09. The summed E-state index contributed by atoms with van der Waals surface area (Å²) in [6, 6.07) is 9.52. The van der Waals surface area contributed by atoms with Crippen molar-refractivity contribution >= 4 is 5.91 Å². The summed E-state index contributed by atoms with van der Waals surface area (Å²) in [5.74, 6) is 0.924. The number of likely N-dealkylation sites (tertiary alicyclic amines) is 1. The average Bonchev–Trinajstić information content (AvgIpc) is 2.54. The van der Waals surface area contributed by atoms with Gasteiger partial charge in [0.15, 0.2) is 0 Å². The first-order chi connectivity index (χ1) is 10.3. The van der Waals surface area contributed by atoms with Gasteiger partial charge in [-0.15, -0.1) is 0 Å². The molecule has 1 N–H and O–H groups in total. The molecule has 116 valence electrons. The molecular weight excluding hydrogens is 270 g/mol. The second kappa shape index (κ2) is 8.64. The SMILES string of the molecule is O=C(CCOc1ccccc1)N1CCC(OCCO)CC1. The minimum atomic E-state index is 0.0516. The Labute approximate surface area is 125 Å². The zero-order valence-electron chi connectivity index (χ0n) is 12.2. The number of ether oxygens (including phenoxy) is 2. The maximum absolute atomic E-state index is 12.1. The van der Waals surface area contributed by atoms with Crippen LogP contribution in [0.5, 0.6) is 5.75 Å². The van der Waals surface area contributed by atoms with Crippen LogP contribution in [0.1, 0.15) is 19.3 Å². The van der Waals surface area contributed by atoms with E-state index in [1.807, 2.05) is 35.2 Å². The lowest BCUT2D eigenvalue weighted by Gasteiger charge is -2.31. The number of hydrogen-bond acceptors (Lipinski definition) is 4. The number of benzene rings is 1. The number of aliphatic hydroxyl groups excluding tert-OH is 1. The number of nitrogens with zero attached hydrogens (tertiary/aromatic N) is 1. The lowest BCUT2D eigenvalue weighted by atomic mass is 10.1. The van der Waals surface area contributed by atoms with Crippen molar-refractivity contribution in [2.45, 2.75) is 25.4 Å². The Morgan fingerprint density at radius 2 is 1.90 bits per heavy atom. The Balaban J connectivity index is 1.63. The molecule has 0 radical (unpaired) electrons. The number of carbonyl (C=O) groups is 1. The highest BCUT2D eigenvalue weighted by atomic mass is 16.5. The van der Waals surface area contributed by atoms with Crippen molar-refractivity contribution in [2.75, 3.05) is 32.9 Å². The van der Waals surface area contributed by atoms with Gasteiger partial charge in [0.1, 0.15) is 5.75 Å². The normalized spacial score (nSPS) is 16.0. The van der Waals surface area contributed by atoms with Gasteiger partial charge in [0.25, 0.3) is 0 Å². The van der Waals surface area contributed by atoms with E-state index in [-0.39, 0.29) is 18.6 Å². The summed E-state index contributed by atoms with van der Waals surface area (Å²) in [5, 5.41) is 8.72. The molecule has 5 heteroatoms. The number of aliphatic hydroxyl groups is 1. The molecule has 1 aliphatic rings. The fourth-order valence-electron chi connectivity index (χ4n) is 2.42. The van der Waals surface area contributed by atoms with Crippen LogP contribution in [0.15, 0.2) is 30.3 Å². The van der Waals surface area contributed by atoms with Gasteiger partial charge in [-0.25, -0.2) is 0 Å². The minimum absolute atomic E-state index is 0.0516. The van der Waals surface area contributed by atoms with Crippen molar-refractivity contribution in [3.05, 3.63) is 30.3 Å². The highest BCUT2D eigenvalue weighted by Gasteiger charge is 2.22. The van der Waals surface area contributed by atoms with E-state index in [0.29, 0.717) is 19.6 Å². The van der Waals surface area contributed by atoms with Crippen LogP contribution in [-0.4, -0.2) is 54.9 Å². The van der Waals surface area contributed by atoms with Crippen molar-refractivity contribution in [1.82, 2.24) is 4.90 Å². The van der Waals surface area contributed by atoms with Crippen LogP contribution in [0.4, 0.5) is 0 Å². The monoisotopic (exact) mass is 293 g/mol. The third-order valence-corrected chi connectivity index (χ3v) is 3.57. The van der Waals surface area contributed by atoms with Gasteiger partial charge in [0.05, 0.1) is 32.3 Å². The summed E-state index contributed by atoms with van der Waals surface area (Å²) in [4.78, 5) is 13.9. The van der Waals surface area contributed by atoms with E-state index >= 15 is 0 Å². The van der Waals surface area contributed by atoms with E-state index in [0.717, 1.165) is 31.7 Å². The molecule has 0 saturated carbocycles. The number of piperidine rings is 1. The quantitative estimate of drug-likeness (QED) is 0.827. The molecule has 1 aliphatic heterocycles. The van der Waals surface area contributed by atoms with Gasteiger partial charge in [-0.3, -0.25) is 4.79 Å². The minimum Gasteiger partial charge on any atom is -0.493 e. The van der Waals surface area contributed by atoms with E-state index in [4.69, 9.17) is 14.6 Å². The Bertz CT molecular complexity index is 416. The van der Waals surface area contributed by atoms with Crippen molar-refractivity contribution < 1.29 is 19.4 Å². The first-order valence-corrected chi connectivity index (χ1v) is 7.47. The molecule has 21 heavy (non-hydrogen) atoms. The summed E-state index contributed by atoms with van der Waals surface area (Å²) in [5.41, 5.74) is 0. The van der Waals surface area contributed by atoms with Crippen LogP contribution in [0.25, 0.3) is 0 Å². The van der Waals surface area contributed by atoms with Gasteiger partial charge < -0.3 is 19.5 Å². The summed E-state index contributed by atoms with van der Waals surface area (Å²) >= 11 is 0. The molecule has 1 saturated heterocycles. The average molecular weight is 293 g/mol. The Hall–Kier alpha value is -1.59. The van der Waals surface area contributed by atoms with Gasteiger partial charge in [-0.05, 0) is 25.0 Å². The Morgan fingerprint density at radius 3 is 2.57 bits per heavy atom. The van der Waals surface area contributed by atoms with Gasteiger partial charge in [-0.2, -0.15) is 0 Å². The lowest BCUT2D eigenvalue weighted by molar-refractivity contribution is -0.134. The van der Waals surface area contributed by atoms with Gasteiger partial charge in [0, 0.05) is 13.1 Å². The fourth-order valence-corrected chi connectivity index (χ4v) is 2.42. The molecule has 0 aromatic heterocycles. The van der Waals surface area contributed by atoms with Gasteiger partial charge >= 0.3 is 0 Å². The smallest absolute Gasteiger partial charge is 0.226 e. The van der Waals surface area contributed by atoms with Crippen molar-refractivity contribution in [3.8, 4) is 5.75 Å². The van der Waals surface area contributed by atoms with Crippen LogP contribution in [-0.2, 0) is 9.53 Å².